The second-order valence-corrected chi connectivity index (χ2v) is 5.54. The average molecular weight is 363 g/mol. The fourth-order valence-corrected chi connectivity index (χ4v) is 2.07. The fourth-order valence-electron chi connectivity index (χ4n) is 2.07. The number of nitrogens with zero attached hydrogens (tertiary/aromatic N) is 1. The van der Waals surface area contributed by atoms with Crippen molar-refractivity contribution in [2.24, 2.45) is 5.10 Å². The number of nitrogens with one attached hydrogen (secondary N) is 2. The molecule has 0 aromatic heterocycles. The first-order valence-electron chi connectivity index (χ1n) is 7.57. The highest BCUT2D eigenvalue weighted by Crippen LogP contribution is 2.19. The number of amides is 2. The van der Waals surface area contributed by atoms with Crippen molar-refractivity contribution in [3.05, 3.63) is 65.2 Å². The van der Waals surface area contributed by atoms with E-state index in [9.17, 15) is 22.8 Å². The predicted octanol–water partition coefficient (Wildman–Crippen LogP) is 3.65. The first kappa shape index (κ1) is 19.2. The van der Waals surface area contributed by atoms with Gasteiger partial charge in [-0.1, -0.05) is 29.8 Å². The summed E-state index contributed by atoms with van der Waals surface area (Å²) in [7, 11) is 0. The smallest absolute Gasteiger partial charge is 0.318 e. The Morgan fingerprint density at radius 1 is 1.00 bits per heavy atom. The Hall–Kier alpha value is -3.16. The largest absolute Gasteiger partial charge is 0.471 e. The summed E-state index contributed by atoms with van der Waals surface area (Å²) >= 11 is 0. The van der Waals surface area contributed by atoms with E-state index in [1.165, 1.54) is 18.2 Å². The molecule has 26 heavy (non-hydrogen) atoms. The maximum atomic E-state index is 12.3. The highest BCUT2D eigenvalue weighted by molar-refractivity contribution is 6.02. The van der Waals surface area contributed by atoms with Gasteiger partial charge in [0.1, 0.15) is 0 Å². The molecular weight excluding hydrogens is 347 g/mol. The maximum absolute atomic E-state index is 12.3. The van der Waals surface area contributed by atoms with E-state index in [0.717, 1.165) is 5.56 Å². The van der Waals surface area contributed by atoms with Crippen LogP contribution in [-0.2, 0) is 4.79 Å². The summed E-state index contributed by atoms with van der Waals surface area (Å²) in [6, 6.07) is 12.7. The third kappa shape index (κ3) is 5.17. The number of benzene rings is 2. The highest BCUT2D eigenvalue weighted by Gasteiger charge is 2.38. The number of carbonyl (C=O) groups is 2. The zero-order valence-corrected chi connectivity index (χ0v) is 14.0. The molecule has 2 N–H and O–H groups in total. The van der Waals surface area contributed by atoms with Gasteiger partial charge in [0.2, 0.25) is 0 Å². The lowest BCUT2D eigenvalue weighted by molar-refractivity contribution is -0.167. The molecule has 0 aliphatic rings. The number of hydrazone groups is 1. The molecule has 0 atom stereocenters. The Morgan fingerprint density at radius 2 is 1.65 bits per heavy atom. The second-order valence-electron chi connectivity index (χ2n) is 5.54. The average Bonchev–Trinajstić information content (AvgIpc) is 2.58. The van der Waals surface area contributed by atoms with Crippen molar-refractivity contribution < 1.29 is 22.8 Å². The Morgan fingerprint density at radius 3 is 2.31 bits per heavy atom. The van der Waals surface area contributed by atoms with Crippen molar-refractivity contribution >= 4 is 23.2 Å². The quantitative estimate of drug-likeness (QED) is 0.643. The van der Waals surface area contributed by atoms with Crippen molar-refractivity contribution in [2.75, 3.05) is 5.32 Å². The van der Waals surface area contributed by atoms with Gasteiger partial charge in [0, 0.05) is 11.3 Å². The number of rotatable bonds is 4. The summed E-state index contributed by atoms with van der Waals surface area (Å²) in [5, 5.41) is 5.72. The van der Waals surface area contributed by atoms with Gasteiger partial charge in [-0.3, -0.25) is 9.59 Å². The standard InChI is InChI=1S/C18H16F3N3O2/c1-11-5-3-7-14(9-11)16(25)24-23-12(2)13-6-4-8-15(10-13)22-17(26)18(19,20)21/h3-10H,1-2H3,(H,22,26)(H,24,25)/b23-12-. The summed E-state index contributed by atoms with van der Waals surface area (Å²) in [6.45, 7) is 3.44. The van der Waals surface area contributed by atoms with Crippen molar-refractivity contribution in [2.45, 2.75) is 20.0 Å². The van der Waals surface area contributed by atoms with Crippen LogP contribution in [0.15, 0.2) is 53.6 Å². The molecule has 0 bridgehead atoms. The van der Waals surface area contributed by atoms with E-state index in [0.29, 0.717) is 16.8 Å². The van der Waals surface area contributed by atoms with E-state index in [4.69, 9.17) is 0 Å². The monoisotopic (exact) mass is 363 g/mol. The Bertz CT molecular complexity index is 861. The molecule has 2 amide bonds. The van der Waals surface area contributed by atoms with Crippen molar-refractivity contribution in [1.29, 1.82) is 0 Å². The van der Waals surface area contributed by atoms with E-state index in [-0.39, 0.29) is 5.69 Å². The molecule has 0 saturated heterocycles. The van der Waals surface area contributed by atoms with Crippen molar-refractivity contribution in [3.8, 4) is 0 Å². The lowest BCUT2D eigenvalue weighted by Crippen LogP contribution is -2.29. The molecule has 2 aromatic rings. The lowest BCUT2D eigenvalue weighted by Gasteiger charge is -2.09. The third-order valence-corrected chi connectivity index (χ3v) is 3.40. The van der Waals surface area contributed by atoms with Crippen LogP contribution in [0.1, 0.15) is 28.4 Å². The first-order valence-corrected chi connectivity index (χ1v) is 7.57. The second kappa shape index (κ2) is 7.81. The van der Waals surface area contributed by atoms with E-state index in [1.807, 2.05) is 13.0 Å². The minimum Gasteiger partial charge on any atom is -0.318 e. The van der Waals surface area contributed by atoms with E-state index in [2.05, 4.69) is 10.5 Å². The molecule has 0 aliphatic carbocycles. The van der Waals surface area contributed by atoms with Crippen LogP contribution in [0.3, 0.4) is 0 Å². The number of anilines is 1. The Balaban J connectivity index is 2.10. The molecule has 0 spiro atoms. The first-order chi connectivity index (χ1) is 12.2. The van der Waals surface area contributed by atoms with E-state index >= 15 is 0 Å². The molecule has 0 saturated carbocycles. The molecule has 2 aromatic carbocycles. The van der Waals surface area contributed by atoms with Crippen molar-refractivity contribution in [1.82, 2.24) is 5.43 Å². The maximum Gasteiger partial charge on any atom is 0.471 e. The van der Waals surface area contributed by atoms with Gasteiger partial charge in [-0.15, -0.1) is 0 Å². The van der Waals surface area contributed by atoms with Crippen LogP contribution in [0.25, 0.3) is 0 Å². The van der Waals surface area contributed by atoms with Crippen LogP contribution in [0.5, 0.6) is 0 Å². The number of hydrogen-bond donors (Lipinski definition) is 2. The van der Waals surface area contributed by atoms with Gasteiger partial charge in [0.05, 0.1) is 5.71 Å². The Kier molecular flexibility index (Phi) is 5.76. The fraction of sp³-hybridized carbons (Fsp3) is 0.167. The van der Waals surface area contributed by atoms with Crippen LogP contribution < -0.4 is 10.7 Å². The van der Waals surface area contributed by atoms with Crippen molar-refractivity contribution in [3.63, 3.8) is 0 Å². The topological polar surface area (TPSA) is 70.6 Å². The molecule has 0 unspecified atom stereocenters. The highest BCUT2D eigenvalue weighted by atomic mass is 19.4. The summed E-state index contributed by atoms with van der Waals surface area (Å²) in [6.07, 6.45) is -4.97. The summed E-state index contributed by atoms with van der Waals surface area (Å²) < 4.78 is 36.9. The normalized spacial score (nSPS) is 11.8. The number of carbonyl (C=O) groups excluding carboxylic acids is 2. The number of alkyl halides is 3. The lowest BCUT2D eigenvalue weighted by atomic mass is 10.1. The molecule has 0 fully saturated rings. The molecule has 136 valence electrons. The van der Waals surface area contributed by atoms with Gasteiger partial charge in [0.25, 0.3) is 5.91 Å². The molecule has 0 radical (unpaired) electrons. The molecule has 8 heteroatoms. The molecule has 0 heterocycles. The van der Waals surface area contributed by atoms with Gasteiger partial charge >= 0.3 is 12.1 Å². The van der Waals surface area contributed by atoms with E-state index < -0.39 is 18.0 Å². The van der Waals surface area contributed by atoms with Crippen LogP contribution in [0, 0.1) is 6.92 Å². The van der Waals surface area contributed by atoms with Gasteiger partial charge in [-0.2, -0.15) is 18.3 Å². The third-order valence-electron chi connectivity index (χ3n) is 3.40. The number of aryl methyl sites for hydroxylation is 1. The van der Waals surface area contributed by atoms with Crippen LogP contribution >= 0.6 is 0 Å². The Labute approximate surface area is 147 Å². The molecule has 2 rings (SSSR count). The summed E-state index contributed by atoms with van der Waals surface area (Å²) in [5.74, 6) is -2.47. The molecule has 0 aliphatic heterocycles. The van der Waals surface area contributed by atoms with E-state index in [1.54, 1.807) is 36.5 Å². The number of halogens is 3. The van der Waals surface area contributed by atoms with Crippen LogP contribution in [0.4, 0.5) is 18.9 Å². The zero-order chi connectivity index (χ0) is 19.3. The van der Waals surface area contributed by atoms with Gasteiger partial charge < -0.3 is 5.32 Å². The minimum atomic E-state index is -4.97. The summed E-state index contributed by atoms with van der Waals surface area (Å²) in [5.41, 5.74) is 4.55. The molecule has 5 nitrogen and oxygen atoms in total. The van der Waals surface area contributed by atoms with Crippen LogP contribution in [-0.4, -0.2) is 23.7 Å². The van der Waals surface area contributed by atoms with Gasteiger partial charge in [0.15, 0.2) is 0 Å². The minimum absolute atomic E-state index is 0.0237. The number of hydrogen-bond acceptors (Lipinski definition) is 3. The molecular formula is C18H16F3N3O2. The SMILES string of the molecule is C/C(=N/NC(=O)c1cccc(C)c1)c1cccc(NC(=O)C(F)(F)F)c1. The van der Waals surface area contributed by atoms with Crippen LogP contribution in [0.2, 0.25) is 0 Å². The zero-order valence-electron chi connectivity index (χ0n) is 14.0. The predicted molar refractivity (Wildman–Crippen MR) is 92.0 cm³/mol. The van der Waals surface area contributed by atoms with Gasteiger partial charge in [-0.05, 0) is 43.7 Å². The van der Waals surface area contributed by atoms with Gasteiger partial charge in [-0.25, -0.2) is 5.43 Å². The summed E-state index contributed by atoms with van der Waals surface area (Å²) in [4.78, 5) is 23.0.